The summed E-state index contributed by atoms with van der Waals surface area (Å²) in [7, 11) is 1.62. The highest BCUT2D eigenvalue weighted by atomic mass is 16.5. The highest BCUT2D eigenvalue weighted by Gasteiger charge is 2.21. The minimum atomic E-state index is -0.181. The monoisotopic (exact) mass is 317 g/mol. The van der Waals surface area contributed by atoms with Crippen LogP contribution in [0.2, 0.25) is 0 Å². The molecule has 124 valence electrons. The zero-order valence-electron chi connectivity index (χ0n) is 13.7. The molecule has 1 aromatic carbocycles. The van der Waals surface area contributed by atoms with Crippen molar-refractivity contribution in [3.8, 4) is 5.75 Å². The van der Waals surface area contributed by atoms with Gasteiger partial charge in [-0.25, -0.2) is 0 Å². The highest BCUT2D eigenvalue weighted by molar-refractivity contribution is 5.99. The van der Waals surface area contributed by atoms with E-state index in [0.717, 1.165) is 35.6 Å². The molecule has 1 amide bonds. The Labute approximate surface area is 135 Å². The Bertz CT molecular complexity index is 688. The van der Waals surface area contributed by atoms with Crippen molar-refractivity contribution in [3.05, 3.63) is 29.5 Å². The molecule has 1 heterocycles. The summed E-state index contributed by atoms with van der Waals surface area (Å²) < 4.78 is 16.4. The van der Waals surface area contributed by atoms with Crippen molar-refractivity contribution in [2.45, 2.75) is 26.2 Å². The summed E-state index contributed by atoms with van der Waals surface area (Å²) in [5, 5.41) is 3.79. The van der Waals surface area contributed by atoms with Crippen LogP contribution >= 0.6 is 0 Å². The molecule has 0 radical (unpaired) electrons. The molecular weight excluding hydrogens is 294 g/mol. The van der Waals surface area contributed by atoms with Gasteiger partial charge < -0.3 is 19.2 Å². The van der Waals surface area contributed by atoms with E-state index in [9.17, 15) is 4.79 Å². The zero-order valence-corrected chi connectivity index (χ0v) is 13.7. The third-order valence-corrected chi connectivity index (χ3v) is 4.15. The Kier molecular flexibility index (Phi) is 4.86. The predicted octanol–water partition coefficient (Wildman–Crippen LogP) is 3.30. The Morgan fingerprint density at radius 3 is 2.96 bits per heavy atom. The van der Waals surface area contributed by atoms with Crippen molar-refractivity contribution in [1.82, 2.24) is 5.32 Å². The van der Waals surface area contributed by atoms with E-state index < -0.39 is 0 Å². The van der Waals surface area contributed by atoms with Crippen molar-refractivity contribution < 1.29 is 18.7 Å². The molecule has 3 rings (SSSR count). The second kappa shape index (κ2) is 7.04. The summed E-state index contributed by atoms with van der Waals surface area (Å²) in [4.78, 5) is 12.3. The molecular formula is C18H23NO4. The molecule has 0 aliphatic heterocycles. The molecule has 23 heavy (non-hydrogen) atoms. The van der Waals surface area contributed by atoms with Gasteiger partial charge in [-0.3, -0.25) is 4.79 Å². The van der Waals surface area contributed by atoms with E-state index in [0.29, 0.717) is 24.5 Å². The number of ether oxygens (including phenoxy) is 2. The van der Waals surface area contributed by atoms with Crippen molar-refractivity contribution in [3.63, 3.8) is 0 Å². The summed E-state index contributed by atoms with van der Waals surface area (Å²) in [6, 6.07) is 5.53. The lowest BCUT2D eigenvalue weighted by atomic mass is 10.1. The van der Waals surface area contributed by atoms with Gasteiger partial charge in [0.25, 0.3) is 5.91 Å². The van der Waals surface area contributed by atoms with Crippen LogP contribution in [-0.4, -0.2) is 32.8 Å². The number of benzene rings is 1. The molecule has 5 nitrogen and oxygen atoms in total. The zero-order chi connectivity index (χ0) is 16.2. The maximum Gasteiger partial charge on any atom is 0.287 e. The van der Waals surface area contributed by atoms with E-state index in [1.54, 1.807) is 7.11 Å². The third kappa shape index (κ3) is 3.85. The lowest BCUT2D eigenvalue weighted by Gasteiger charge is -2.05. The maximum atomic E-state index is 12.3. The smallest absolute Gasteiger partial charge is 0.287 e. The first-order chi connectivity index (χ1) is 11.2. The van der Waals surface area contributed by atoms with E-state index in [4.69, 9.17) is 13.9 Å². The fourth-order valence-electron chi connectivity index (χ4n) is 2.53. The van der Waals surface area contributed by atoms with E-state index in [2.05, 4.69) is 5.32 Å². The van der Waals surface area contributed by atoms with Gasteiger partial charge in [0.2, 0.25) is 0 Å². The standard InChI is InChI=1S/C18H23NO4/c1-12-15-10-14(21-2)6-7-16(15)23-17(12)18(20)19-8-3-9-22-11-13-4-5-13/h6-7,10,13H,3-5,8-9,11H2,1-2H3,(H,19,20). The van der Waals surface area contributed by atoms with Gasteiger partial charge in [0.1, 0.15) is 11.3 Å². The van der Waals surface area contributed by atoms with Crippen LogP contribution in [0.25, 0.3) is 11.0 Å². The average Bonchev–Trinajstić information content (AvgIpc) is 3.33. The molecule has 1 aliphatic carbocycles. The molecule has 0 spiro atoms. The molecule has 2 aromatic rings. The predicted molar refractivity (Wildman–Crippen MR) is 88.0 cm³/mol. The first-order valence-corrected chi connectivity index (χ1v) is 8.12. The van der Waals surface area contributed by atoms with Gasteiger partial charge >= 0.3 is 0 Å². The number of hydrogen-bond acceptors (Lipinski definition) is 4. The van der Waals surface area contributed by atoms with Gasteiger partial charge in [0.05, 0.1) is 7.11 Å². The second-order valence-electron chi connectivity index (χ2n) is 6.05. The number of fused-ring (bicyclic) bond motifs is 1. The van der Waals surface area contributed by atoms with Crippen LogP contribution in [0.3, 0.4) is 0 Å². The van der Waals surface area contributed by atoms with Crippen LogP contribution in [0.4, 0.5) is 0 Å². The summed E-state index contributed by atoms with van der Waals surface area (Å²) in [6.07, 6.45) is 3.41. The van der Waals surface area contributed by atoms with Crippen molar-refractivity contribution >= 4 is 16.9 Å². The first-order valence-electron chi connectivity index (χ1n) is 8.12. The van der Waals surface area contributed by atoms with E-state index in [-0.39, 0.29) is 5.91 Å². The van der Waals surface area contributed by atoms with E-state index >= 15 is 0 Å². The fraction of sp³-hybridized carbons (Fsp3) is 0.500. The first kappa shape index (κ1) is 15.9. The largest absolute Gasteiger partial charge is 0.497 e. The second-order valence-corrected chi connectivity index (χ2v) is 6.05. The van der Waals surface area contributed by atoms with Gasteiger partial charge in [-0.15, -0.1) is 0 Å². The summed E-state index contributed by atoms with van der Waals surface area (Å²) in [5.74, 6) is 1.72. The quantitative estimate of drug-likeness (QED) is 0.759. The maximum absolute atomic E-state index is 12.3. The third-order valence-electron chi connectivity index (χ3n) is 4.15. The Morgan fingerprint density at radius 2 is 2.22 bits per heavy atom. The van der Waals surface area contributed by atoms with Crippen molar-refractivity contribution in [2.75, 3.05) is 26.9 Å². The van der Waals surface area contributed by atoms with Gasteiger partial charge in [0.15, 0.2) is 5.76 Å². The minimum Gasteiger partial charge on any atom is -0.497 e. The Morgan fingerprint density at radius 1 is 1.39 bits per heavy atom. The van der Waals surface area contributed by atoms with Crippen LogP contribution in [0.15, 0.2) is 22.6 Å². The van der Waals surface area contributed by atoms with Gasteiger partial charge in [0, 0.05) is 30.7 Å². The van der Waals surface area contributed by atoms with Crippen LogP contribution < -0.4 is 10.1 Å². The molecule has 1 aromatic heterocycles. The number of furan rings is 1. The van der Waals surface area contributed by atoms with E-state index in [1.807, 2.05) is 25.1 Å². The van der Waals surface area contributed by atoms with E-state index in [1.165, 1.54) is 12.8 Å². The lowest BCUT2D eigenvalue weighted by Crippen LogP contribution is -2.25. The number of hydrogen-bond donors (Lipinski definition) is 1. The van der Waals surface area contributed by atoms with Gasteiger partial charge in [-0.05, 0) is 50.3 Å². The number of carbonyl (C=O) groups is 1. The molecule has 0 saturated heterocycles. The lowest BCUT2D eigenvalue weighted by molar-refractivity contribution is 0.0912. The van der Waals surface area contributed by atoms with Gasteiger partial charge in [-0.2, -0.15) is 0 Å². The molecule has 1 fully saturated rings. The van der Waals surface area contributed by atoms with Crippen LogP contribution in [0.1, 0.15) is 35.4 Å². The van der Waals surface area contributed by atoms with Gasteiger partial charge in [-0.1, -0.05) is 0 Å². The Hall–Kier alpha value is -2.01. The number of rotatable bonds is 8. The number of amides is 1. The molecule has 0 unspecified atom stereocenters. The molecule has 1 saturated carbocycles. The highest BCUT2D eigenvalue weighted by Crippen LogP contribution is 2.29. The van der Waals surface area contributed by atoms with Crippen LogP contribution in [-0.2, 0) is 4.74 Å². The van der Waals surface area contributed by atoms with Crippen LogP contribution in [0, 0.1) is 12.8 Å². The van der Waals surface area contributed by atoms with Crippen molar-refractivity contribution in [1.29, 1.82) is 0 Å². The molecule has 5 heteroatoms. The molecule has 1 N–H and O–H groups in total. The summed E-state index contributed by atoms with van der Waals surface area (Å²) in [6.45, 7) is 4.02. The molecule has 1 aliphatic rings. The summed E-state index contributed by atoms with van der Waals surface area (Å²) >= 11 is 0. The SMILES string of the molecule is COc1ccc2oc(C(=O)NCCCOCC3CC3)c(C)c2c1. The molecule has 0 bridgehead atoms. The topological polar surface area (TPSA) is 60.7 Å². The van der Waals surface area contributed by atoms with Crippen LogP contribution in [0.5, 0.6) is 5.75 Å². The number of aryl methyl sites for hydroxylation is 1. The Balaban J connectivity index is 1.53. The number of nitrogens with one attached hydrogen (secondary N) is 1. The van der Waals surface area contributed by atoms with Crippen molar-refractivity contribution in [2.24, 2.45) is 5.92 Å². The molecule has 0 atom stereocenters. The number of carbonyl (C=O) groups excluding carboxylic acids is 1. The fourth-order valence-corrected chi connectivity index (χ4v) is 2.53. The average molecular weight is 317 g/mol. The normalized spacial score (nSPS) is 14.2. The number of methoxy groups -OCH3 is 1. The minimum absolute atomic E-state index is 0.181. The summed E-state index contributed by atoms with van der Waals surface area (Å²) in [5.41, 5.74) is 1.53.